The smallest absolute Gasteiger partial charge is 0.181 e. The van der Waals surface area contributed by atoms with Gasteiger partial charge in [0.1, 0.15) is 0 Å². The number of hydrogen-bond acceptors (Lipinski definition) is 1. The van der Waals surface area contributed by atoms with E-state index in [-0.39, 0.29) is 11.6 Å². The second-order valence-electron chi connectivity index (χ2n) is 5.68. The third-order valence-corrected chi connectivity index (χ3v) is 4.40. The lowest BCUT2D eigenvalue weighted by Crippen LogP contribution is -2.19. The molecule has 0 saturated heterocycles. The molecule has 1 unspecified atom stereocenters. The highest BCUT2D eigenvalue weighted by molar-refractivity contribution is 5.43. The van der Waals surface area contributed by atoms with Gasteiger partial charge in [0.15, 0.2) is 11.6 Å². The van der Waals surface area contributed by atoms with Gasteiger partial charge in [-0.1, -0.05) is 32.8 Å². The summed E-state index contributed by atoms with van der Waals surface area (Å²) in [6.07, 6.45) is 4.59. The molecule has 0 bridgehead atoms. The van der Waals surface area contributed by atoms with Crippen LogP contribution in [-0.2, 0) is 0 Å². The number of halogens is 2. The largest absolute Gasteiger partial charge is 0.396 e. The van der Waals surface area contributed by atoms with E-state index < -0.39 is 11.6 Å². The fourth-order valence-corrected chi connectivity index (χ4v) is 2.97. The molecule has 1 aromatic carbocycles. The molecule has 0 radical (unpaired) electrons. The first kappa shape index (κ1) is 13.3. The van der Waals surface area contributed by atoms with Gasteiger partial charge >= 0.3 is 0 Å². The third-order valence-electron chi connectivity index (χ3n) is 4.40. The highest BCUT2D eigenvalue weighted by Crippen LogP contribution is 2.39. The van der Waals surface area contributed by atoms with Crippen LogP contribution in [0.2, 0.25) is 0 Å². The number of nitrogen functional groups attached to an aromatic ring is 1. The molecule has 1 atom stereocenters. The van der Waals surface area contributed by atoms with E-state index in [1.54, 1.807) is 6.07 Å². The number of anilines is 1. The van der Waals surface area contributed by atoms with Crippen molar-refractivity contribution in [2.45, 2.75) is 45.4 Å². The molecule has 2 rings (SSSR count). The van der Waals surface area contributed by atoms with Crippen molar-refractivity contribution in [1.82, 2.24) is 0 Å². The standard InChI is InChI=1S/C15H21F2N/c1-9-3-5-11(6-4-9)10(2)12-7-8-13(18)15(17)14(12)16/h7-11H,3-6,18H2,1-2H3. The van der Waals surface area contributed by atoms with E-state index in [2.05, 4.69) is 6.92 Å². The second kappa shape index (κ2) is 5.25. The summed E-state index contributed by atoms with van der Waals surface area (Å²) in [5.74, 6) is -0.377. The van der Waals surface area contributed by atoms with E-state index in [0.717, 1.165) is 18.8 Å². The molecular weight excluding hydrogens is 232 g/mol. The zero-order chi connectivity index (χ0) is 13.3. The van der Waals surface area contributed by atoms with Crippen LogP contribution in [0.15, 0.2) is 12.1 Å². The molecule has 1 aliphatic carbocycles. The molecule has 0 heterocycles. The van der Waals surface area contributed by atoms with Crippen molar-refractivity contribution >= 4 is 5.69 Å². The maximum Gasteiger partial charge on any atom is 0.181 e. The number of hydrogen-bond donors (Lipinski definition) is 1. The molecule has 18 heavy (non-hydrogen) atoms. The molecular formula is C15H21F2N. The lowest BCUT2D eigenvalue weighted by atomic mass is 9.74. The SMILES string of the molecule is CC1CCC(C(C)c2ccc(N)c(F)c2F)CC1. The van der Waals surface area contributed by atoms with Crippen molar-refractivity contribution in [2.24, 2.45) is 11.8 Å². The van der Waals surface area contributed by atoms with Crippen LogP contribution in [0, 0.1) is 23.5 Å². The molecule has 2 N–H and O–H groups in total. The summed E-state index contributed by atoms with van der Waals surface area (Å²) < 4.78 is 27.4. The molecule has 0 aliphatic heterocycles. The molecule has 1 saturated carbocycles. The minimum absolute atomic E-state index is 0.0626. The molecule has 1 fully saturated rings. The molecule has 100 valence electrons. The van der Waals surface area contributed by atoms with Gasteiger partial charge < -0.3 is 5.73 Å². The molecule has 1 aliphatic rings. The van der Waals surface area contributed by atoms with Crippen molar-refractivity contribution < 1.29 is 8.78 Å². The maximum atomic E-state index is 13.9. The normalized spacial score (nSPS) is 26.0. The van der Waals surface area contributed by atoms with Crippen LogP contribution in [0.4, 0.5) is 14.5 Å². The van der Waals surface area contributed by atoms with Crippen LogP contribution in [0.5, 0.6) is 0 Å². The average molecular weight is 253 g/mol. The Morgan fingerprint density at radius 3 is 2.33 bits per heavy atom. The van der Waals surface area contributed by atoms with Crippen molar-refractivity contribution in [2.75, 3.05) is 5.73 Å². The Labute approximate surface area is 107 Å². The summed E-state index contributed by atoms with van der Waals surface area (Å²) in [6.45, 7) is 4.25. The van der Waals surface area contributed by atoms with E-state index in [0.29, 0.717) is 11.5 Å². The van der Waals surface area contributed by atoms with Crippen LogP contribution in [0.1, 0.15) is 51.0 Å². The zero-order valence-corrected chi connectivity index (χ0v) is 11.0. The Hall–Kier alpha value is -1.12. The minimum atomic E-state index is -0.900. The van der Waals surface area contributed by atoms with Crippen molar-refractivity contribution in [3.63, 3.8) is 0 Å². The van der Waals surface area contributed by atoms with Gasteiger partial charge in [-0.05, 0) is 42.2 Å². The molecule has 1 aromatic rings. The Bertz CT molecular complexity index is 423. The summed E-state index contributed by atoms with van der Waals surface area (Å²) in [4.78, 5) is 0. The number of rotatable bonds is 2. The Morgan fingerprint density at radius 2 is 1.72 bits per heavy atom. The first-order valence-corrected chi connectivity index (χ1v) is 6.74. The van der Waals surface area contributed by atoms with Crippen LogP contribution in [0.25, 0.3) is 0 Å². The third kappa shape index (κ3) is 2.50. The van der Waals surface area contributed by atoms with Crippen LogP contribution in [0.3, 0.4) is 0 Å². The molecule has 3 heteroatoms. The predicted octanol–water partition coefficient (Wildman–Crippen LogP) is 4.48. The highest BCUT2D eigenvalue weighted by atomic mass is 19.2. The first-order valence-electron chi connectivity index (χ1n) is 6.74. The fourth-order valence-electron chi connectivity index (χ4n) is 2.97. The van der Waals surface area contributed by atoms with Gasteiger partial charge in [-0.2, -0.15) is 0 Å². The summed E-state index contributed by atoms with van der Waals surface area (Å²) in [5, 5.41) is 0. The minimum Gasteiger partial charge on any atom is -0.396 e. The predicted molar refractivity (Wildman–Crippen MR) is 70.3 cm³/mol. The lowest BCUT2D eigenvalue weighted by Gasteiger charge is -2.31. The Balaban J connectivity index is 2.18. The molecule has 1 nitrogen and oxygen atoms in total. The van der Waals surface area contributed by atoms with Gasteiger partial charge in [-0.15, -0.1) is 0 Å². The van der Waals surface area contributed by atoms with Gasteiger partial charge in [-0.3, -0.25) is 0 Å². The van der Waals surface area contributed by atoms with Crippen LogP contribution < -0.4 is 5.73 Å². The van der Waals surface area contributed by atoms with Gasteiger partial charge in [0.25, 0.3) is 0 Å². The zero-order valence-electron chi connectivity index (χ0n) is 11.0. The lowest BCUT2D eigenvalue weighted by molar-refractivity contribution is 0.258. The van der Waals surface area contributed by atoms with Crippen LogP contribution in [-0.4, -0.2) is 0 Å². The fraction of sp³-hybridized carbons (Fsp3) is 0.600. The summed E-state index contributed by atoms with van der Waals surface area (Å²) in [6, 6.07) is 3.10. The van der Waals surface area contributed by atoms with E-state index in [9.17, 15) is 8.78 Å². The van der Waals surface area contributed by atoms with Gasteiger partial charge in [0.05, 0.1) is 5.69 Å². The van der Waals surface area contributed by atoms with Crippen molar-refractivity contribution in [3.8, 4) is 0 Å². The molecule has 0 spiro atoms. The monoisotopic (exact) mass is 253 g/mol. The molecule has 0 aromatic heterocycles. The van der Waals surface area contributed by atoms with Crippen molar-refractivity contribution in [1.29, 1.82) is 0 Å². The summed E-state index contributed by atoms with van der Waals surface area (Å²) in [7, 11) is 0. The van der Waals surface area contributed by atoms with E-state index >= 15 is 0 Å². The van der Waals surface area contributed by atoms with E-state index in [1.165, 1.54) is 18.9 Å². The number of benzene rings is 1. The Morgan fingerprint density at radius 1 is 1.11 bits per heavy atom. The van der Waals surface area contributed by atoms with Gasteiger partial charge in [-0.25, -0.2) is 8.78 Å². The second-order valence-corrected chi connectivity index (χ2v) is 5.68. The highest BCUT2D eigenvalue weighted by Gasteiger charge is 2.27. The van der Waals surface area contributed by atoms with Crippen molar-refractivity contribution in [3.05, 3.63) is 29.3 Å². The summed E-state index contributed by atoms with van der Waals surface area (Å²) in [5.41, 5.74) is 5.73. The van der Waals surface area contributed by atoms with Crippen LogP contribution >= 0.6 is 0 Å². The first-order chi connectivity index (χ1) is 8.50. The maximum absolute atomic E-state index is 13.9. The quantitative estimate of drug-likeness (QED) is 0.773. The average Bonchev–Trinajstić information content (AvgIpc) is 2.36. The van der Waals surface area contributed by atoms with Gasteiger partial charge in [0.2, 0.25) is 0 Å². The van der Waals surface area contributed by atoms with E-state index in [4.69, 9.17) is 5.73 Å². The topological polar surface area (TPSA) is 26.0 Å². The summed E-state index contributed by atoms with van der Waals surface area (Å²) >= 11 is 0. The number of nitrogens with two attached hydrogens (primary N) is 1. The van der Waals surface area contributed by atoms with Gasteiger partial charge in [0, 0.05) is 0 Å². The molecule has 0 amide bonds. The van der Waals surface area contributed by atoms with E-state index in [1.807, 2.05) is 6.92 Å². The Kier molecular flexibility index (Phi) is 3.88.